The molecule has 252 valence electrons. The Kier molecular flexibility index (Phi) is 11.3. The van der Waals surface area contributed by atoms with Crippen LogP contribution in [0.3, 0.4) is 0 Å². The lowest BCUT2D eigenvalue weighted by molar-refractivity contribution is -0.132. The first-order valence-corrected chi connectivity index (χ1v) is 18.7. The molecule has 6 rings (SSSR count). The van der Waals surface area contributed by atoms with Crippen LogP contribution in [0.1, 0.15) is 25.7 Å². The van der Waals surface area contributed by atoms with Crippen molar-refractivity contribution in [3.8, 4) is 0 Å². The molecule has 4 fully saturated rings. The zero-order valence-corrected chi connectivity index (χ0v) is 29.9. The molecule has 48 heavy (non-hydrogen) atoms. The fourth-order valence-corrected chi connectivity index (χ4v) is 9.03. The van der Waals surface area contributed by atoms with E-state index in [-0.39, 0.29) is 33.4 Å². The van der Waals surface area contributed by atoms with Gasteiger partial charge < -0.3 is 19.6 Å². The summed E-state index contributed by atoms with van der Waals surface area (Å²) in [7, 11) is 0. The van der Waals surface area contributed by atoms with Gasteiger partial charge in [0.25, 0.3) is 11.8 Å². The number of thioether (sulfide) groups is 2. The van der Waals surface area contributed by atoms with Crippen LogP contribution in [0.2, 0.25) is 0 Å². The smallest absolute Gasteiger partial charge is 0.267 e. The van der Waals surface area contributed by atoms with Gasteiger partial charge in [0, 0.05) is 89.7 Å². The van der Waals surface area contributed by atoms with Crippen LogP contribution >= 0.6 is 48.0 Å². The number of benzene rings is 2. The molecule has 2 aromatic carbocycles. The quantitative estimate of drug-likeness (QED) is 0.263. The van der Waals surface area contributed by atoms with Crippen LogP contribution in [0.25, 0.3) is 0 Å². The highest BCUT2D eigenvalue weighted by Gasteiger charge is 2.42. The molecule has 4 amide bonds. The van der Waals surface area contributed by atoms with Gasteiger partial charge >= 0.3 is 0 Å². The third kappa shape index (κ3) is 7.88. The molecule has 4 aliphatic rings. The van der Waals surface area contributed by atoms with Crippen LogP contribution in [0.15, 0.2) is 70.5 Å². The number of anilines is 2. The molecule has 0 aromatic heterocycles. The summed E-state index contributed by atoms with van der Waals surface area (Å²) in [6, 6.07) is 20.4. The molecule has 10 nitrogen and oxygen atoms in total. The first-order chi connectivity index (χ1) is 23.3. The number of nitrogens with zero attached hydrogens (tertiary/aromatic N) is 6. The highest BCUT2D eigenvalue weighted by atomic mass is 32.2. The first-order valence-electron chi connectivity index (χ1n) is 16.3. The van der Waals surface area contributed by atoms with Crippen molar-refractivity contribution in [3.05, 3.63) is 70.5 Å². The fraction of sp³-hybridized carbons (Fsp3) is 0.412. The summed E-state index contributed by atoms with van der Waals surface area (Å²) in [6.07, 6.45) is 1.60. The summed E-state index contributed by atoms with van der Waals surface area (Å²) < 4.78 is 0.754. The van der Waals surface area contributed by atoms with Crippen LogP contribution in [-0.2, 0) is 19.2 Å². The Morgan fingerprint density at radius 3 is 1.27 bits per heavy atom. The van der Waals surface area contributed by atoms with Crippen molar-refractivity contribution in [2.24, 2.45) is 0 Å². The van der Waals surface area contributed by atoms with Crippen molar-refractivity contribution in [1.82, 2.24) is 19.6 Å². The molecule has 0 unspecified atom stereocenters. The maximum absolute atomic E-state index is 13.4. The number of amides is 4. The van der Waals surface area contributed by atoms with Crippen molar-refractivity contribution >= 4 is 91.6 Å². The number of carbonyl (C=O) groups is 4. The second kappa shape index (κ2) is 15.8. The second-order valence-corrected chi connectivity index (χ2v) is 15.2. The second-order valence-electron chi connectivity index (χ2n) is 11.9. The lowest BCUT2D eigenvalue weighted by atomic mass is 10.2. The van der Waals surface area contributed by atoms with E-state index in [0.29, 0.717) is 73.6 Å². The topological polar surface area (TPSA) is 87.7 Å². The van der Waals surface area contributed by atoms with Gasteiger partial charge in [0.2, 0.25) is 11.8 Å². The maximum atomic E-state index is 13.4. The number of rotatable bonds is 10. The monoisotopic (exact) mass is 722 g/mol. The van der Waals surface area contributed by atoms with E-state index in [1.54, 1.807) is 0 Å². The van der Waals surface area contributed by atoms with E-state index < -0.39 is 0 Å². The number of carbonyl (C=O) groups excluding carboxylic acids is 4. The summed E-state index contributed by atoms with van der Waals surface area (Å²) in [5, 5.41) is 0. The summed E-state index contributed by atoms with van der Waals surface area (Å²) in [5.74, 6) is -0.498. The van der Waals surface area contributed by atoms with Crippen LogP contribution in [-0.4, -0.2) is 117 Å². The van der Waals surface area contributed by atoms with Gasteiger partial charge in [0.05, 0.1) is 9.81 Å². The number of para-hydroxylation sites is 2. The molecule has 0 bridgehead atoms. The van der Waals surface area contributed by atoms with Gasteiger partial charge in [0.1, 0.15) is 8.64 Å². The Morgan fingerprint density at radius 2 is 0.917 bits per heavy atom. The van der Waals surface area contributed by atoms with Crippen molar-refractivity contribution in [2.75, 3.05) is 75.2 Å². The molecule has 0 atom stereocenters. The minimum Gasteiger partial charge on any atom is -0.368 e. The van der Waals surface area contributed by atoms with Crippen molar-refractivity contribution in [3.63, 3.8) is 0 Å². The van der Waals surface area contributed by atoms with Crippen LogP contribution in [0, 0.1) is 0 Å². The molecule has 0 aliphatic carbocycles. The molecule has 0 spiro atoms. The predicted octanol–water partition coefficient (Wildman–Crippen LogP) is 4.18. The van der Waals surface area contributed by atoms with E-state index in [4.69, 9.17) is 24.4 Å². The number of thiocarbonyl (C=S) groups is 2. The summed E-state index contributed by atoms with van der Waals surface area (Å²) in [4.78, 5) is 64.5. The maximum Gasteiger partial charge on any atom is 0.267 e. The molecule has 4 aliphatic heterocycles. The van der Waals surface area contributed by atoms with Crippen LogP contribution in [0.4, 0.5) is 11.4 Å². The van der Waals surface area contributed by atoms with E-state index in [2.05, 4.69) is 34.1 Å². The molecule has 0 radical (unpaired) electrons. The zero-order valence-electron chi connectivity index (χ0n) is 26.6. The average Bonchev–Trinajstić information content (AvgIpc) is 3.57. The number of hydrogen-bond acceptors (Lipinski definition) is 10. The van der Waals surface area contributed by atoms with Crippen molar-refractivity contribution in [2.45, 2.75) is 25.7 Å². The predicted molar refractivity (Wildman–Crippen MR) is 200 cm³/mol. The van der Waals surface area contributed by atoms with E-state index in [1.165, 1.54) is 9.80 Å². The standard InChI is InChI=1S/C34H38N6O4S4/c41-27(37-21-17-35(18-22-37)25-9-3-1-4-10-25)13-7-15-39-31(43)29(47-33(39)45)30-32(44)40(34(46)48-30)16-8-14-28(42)38-23-19-36(20-24-38)26-11-5-2-6-12-26/h1-6,9-12H,7-8,13-24H2. The lowest BCUT2D eigenvalue weighted by Gasteiger charge is -2.36. The van der Waals surface area contributed by atoms with E-state index in [9.17, 15) is 19.2 Å². The summed E-state index contributed by atoms with van der Waals surface area (Å²) >= 11 is 13.2. The van der Waals surface area contributed by atoms with Gasteiger partial charge in [-0.05, 0) is 37.1 Å². The van der Waals surface area contributed by atoms with Gasteiger partial charge in [-0.15, -0.1) is 0 Å². The molecular weight excluding hydrogens is 685 g/mol. The fourth-order valence-electron chi connectivity index (χ4n) is 6.25. The Morgan fingerprint density at radius 1 is 0.562 bits per heavy atom. The third-order valence-electron chi connectivity index (χ3n) is 8.96. The van der Waals surface area contributed by atoms with Gasteiger partial charge in [-0.1, -0.05) is 84.4 Å². The van der Waals surface area contributed by atoms with E-state index >= 15 is 0 Å². The Labute approximate surface area is 300 Å². The van der Waals surface area contributed by atoms with E-state index in [0.717, 1.165) is 61.1 Å². The van der Waals surface area contributed by atoms with Gasteiger partial charge in [-0.2, -0.15) is 0 Å². The Hall–Kier alpha value is -3.46. The van der Waals surface area contributed by atoms with Crippen molar-refractivity contribution in [1.29, 1.82) is 0 Å². The van der Waals surface area contributed by atoms with Crippen LogP contribution < -0.4 is 9.80 Å². The summed E-state index contributed by atoms with van der Waals surface area (Å²) in [5.41, 5.74) is 2.32. The molecule has 2 aromatic rings. The highest BCUT2D eigenvalue weighted by molar-refractivity contribution is 8.29. The highest BCUT2D eigenvalue weighted by Crippen LogP contribution is 2.42. The minimum absolute atomic E-state index is 0.0712. The normalized spacial score (nSPS) is 20.4. The van der Waals surface area contributed by atoms with Gasteiger partial charge in [-0.25, -0.2) is 0 Å². The molecule has 0 N–H and O–H groups in total. The minimum atomic E-state index is -0.320. The van der Waals surface area contributed by atoms with Gasteiger partial charge in [0.15, 0.2) is 0 Å². The zero-order chi connectivity index (χ0) is 33.6. The number of piperazine rings is 2. The lowest BCUT2D eigenvalue weighted by Crippen LogP contribution is -2.48. The SMILES string of the molecule is O=C(CCCN1C(=O)C(=C2SC(=S)N(CCCC(=O)N3CCN(c4ccccc4)CC3)C2=O)SC1=S)N1CCN(c2ccccc2)CC1. The molecular formula is C34H38N6O4S4. The summed E-state index contributed by atoms with van der Waals surface area (Å²) in [6.45, 7) is 6.41. The number of hydrogen-bond donors (Lipinski definition) is 0. The Bertz CT molecular complexity index is 1470. The van der Waals surface area contributed by atoms with Gasteiger partial charge in [-0.3, -0.25) is 29.0 Å². The first kappa shape index (κ1) is 34.4. The molecule has 4 saturated heterocycles. The average molecular weight is 723 g/mol. The van der Waals surface area contributed by atoms with Crippen LogP contribution in [0.5, 0.6) is 0 Å². The molecule has 0 saturated carbocycles. The molecule has 4 heterocycles. The molecule has 14 heteroatoms. The van der Waals surface area contributed by atoms with E-state index in [1.807, 2.05) is 46.2 Å². The Balaban J connectivity index is 0.937. The van der Waals surface area contributed by atoms with Crippen molar-refractivity contribution < 1.29 is 19.2 Å². The third-order valence-corrected chi connectivity index (χ3v) is 12.0. The largest absolute Gasteiger partial charge is 0.368 e.